The van der Waals surface area contributed by atoms with Crippen LogP contribution in [-0.4, -0.2) is 0 Å². The van der Waals surface area contributed by atoms with Crippen LogP contribution in [0.3, 0.4) is 0 Å². The van der Waals surface area contributed by atoms with Crippen molar-refractivity contribution in [1.82, 2.24) is 0 Å². The molecule has 1 radical (unpaired) electrons. The summed E-state index contributed by atoms with van der Waals surface area (Å²) >= 11 is 0. The summed E-state index contributed by atoms with van der Waals surface area (Å²) in [7, 11) is 0. The molecule has 0 aromatic heterocycles. The quantitative estimate of drug-likeness (QED) is 0.377. The molecule has 0 unspecified atom stereocenters. The fraction of sp³-hybridized carbons (Fsp3) is 0.700. The summed E-state index contributed by atoms with van der Waals surface area (Å²) in [4.78, 5) is 0. The Hall–Kier alpha value is -0.780. The van der Waals surface area contributed by atoms with E-state index in [-0.39, 0.29) is 0 Å². The number of benzene rings is 1. The summed E-state index contributed by atoms with van der Waals surface area (Å²) in [5, 5.41) is 0. The second kappa shape index (κ2) is 12.0. The monoisotopic (exact) mass is 273 g/mol. The molecule has 0 amide bonds. The van der Waals surface area contributed by atoms with Gasteiger partial charge in [-0.2, -0.15) is 0 Å². The van der Waals surface area contributed by atoms with Crippen molar-refractivity contribution in [2.45, 2.75) is 84.5 Å². The van der Waals surface area contributed by atoms with Crippen molar-refractivity contribution in [1.29, 1.82) is 0 Å². The van der Waals surface area contributed by atoms with Crippen molar-refractivity contribution < 1.29 is 0 Å². The van der Waals surface area contributed by atoms with Crippen LogP contribution in [0.15, 0.2) is 24.3 Å². The molecule has 0 heterocycles. The average molecular weight is 273 g/mol. The molecule has 0 aliphatic rings. The zero-order chi connectivity index (χ0) is 14.5. The van der Waals surface area contributed by atoms with Gasteiger partial charge < -0.3 is 0 Å². The highest BCUT2D eigenvalue weighted by Gasteiger charge is 2.09. The van der Waals surface area contributed by atoms with Gasteiger partial charge >= 0.3 is 0 Å². The molecule has 0 fully saturated rings. The lowest BCUT2D eigenvalue weighted by Crippen LogP contribution is -2.05. The van der Waals surface area contributed by atoms with Crippen molar-refractivity contribution in [2.24, 2.45) is 5.92 Å². The van der Waals surface area contributed by atoms with Crippen molar-refractivity contribution in [3.8, 4) is 0 Å². The van der Waals surface area contributed by atoms with E-state index in [1.807, 2.05) is 0 Å². The van der Waals surface area contributed by atoms with E-state index < -0.39 is 0 Å². The van der Waals surface area contributed by atoms with E-state index in [2.05, 4.69) is 44.2 Å². The molecule has 0 saturated heterocycles. The van der Waals surface area contributed by atoms with Crippen molar-refractivity contribution in [2.75, 3.05) is 0 Å². The molecule has 0 nitrogen and oxygen atoms in total. The molecule has 113 valence electrons. The van der Waals surface area contributed by atoms with Gasteiger partial charge in [0.15, 0.2) is 0 Å². The molecule has 0 aliphatic carbocycles. The van der Waals surface area contributed by atoms with E-state index in [0.29, 0.717) is 0 Å². The minimum Gasteiger partial charge on any atom is -0.0654 e. The lowest BCUT2D eigenvalue weighted by Gasteiger charge is -2.17. The lowest BCUT2D eigenvalue weighted by molar-refractivity contribution is 0.404. The molecule has 0 N–H and O–H groups in total. The molecule has 0 saturated carbocycles. The maximum absolute atomic E-state index is 3.13. The van der Waals surface area contributed by atoms with E-state index >= 15 is 0 Å². The predicted octanol–water partition coefficient (Wildman–Crippen LogP) is 6.59. The Morgan fingerprint density at radius 3 is 1.85 bits per heavy atom. The first-order chi connectivity index (χ1) is 9.86. The molecular weight excluding hydrogens is 240 g/mol. The Kier molecular flexibility index (Phi) is 10.4. The van der Waals surface area contributed by atoms with E-state index in [4.69, 9.17) is 0 Å². The van der Waals surface area contributed by atoms with Gasteiger partial charge in [-0.25, -0.2) is 0 Å². The fourth-order valence-electron chi connectivity index (χ4n) is 2.96. The van der Waals surface area contributed by atoms with Crippen LogP contribution >= 0.6 is 0 Å². The van der Waals surface area contributed by atoms with Gasteiger partial charge in [-0.3, -0.25) is 0 Å². The molecule has 0 aliphatic heterocycles. The predicted molar refractivity (Wildman–Crippen MR) is 90.0 cm³/mol. The SMILES string of the molecule is CCCCCCC(CCCCCC)Cc1cc[c]cc1. The van der Waals surface area contributed by atoms with E-state index in [1.54, 1.807) is 0 Å². The second-order valence-corrected chi connectivity index (χ2v) is 6.18. The molecule has 20 heavy (non-hydrogen) atoms. The van der Waals surface area contributed by atoms with Gasteiger partial charge in [-0.15, -0.1) is 0 Å². The topological polar surface area (TPSA) is 0 Å². The maximum Gasteiger partial charge on any atom is -0.0184 e. The third-order valence-corrected chi connectivity index (χ3v) is 4.24. The molecule has 1 aromatic carbocycles. The first-order valence-electron chi connectivity index (χ1n) is 8.81. The minimum atomic E-state index is 0.895. The van der Waals surface area contributed by atoms with Gasteiger partial charge in [0.2, 0.25) is 0 Å². The molecular formula is C20H33. The first-order valence-corrected chi connectivity index (χ1v) is 8.81. The number of hydrogen-bond acceptors (Lipinski definition) is 0. The number of unbranched alkanes of at least 4 members (excludes halogenated alkanes) is 6. The first kappa shape index (κ1) is 17.3. The van der Waals surface area contributed by atoms with Gasteiger partial charge in [0.1, 0.15) is 0 Å². The Balaban J connectivity index is 2.33. The van der Waals surface area contributed by atoms with Gasteiger partial charge in [0, 0.05) is 0 Å². The molecule has 0 bridgehead atoms. The van der Waals surface area contributed by atoms with Crippen LogP contribution in [0.2, 0.25) is 0 Å². The highest BCUT2D eigenvalue weighted by atomic mass is 14.1. The maximum atomic E-state index is 3.13. The van der Waals surface area contributed by atoms with Crippen molar-refractivity contribution >= 4 is 0 Å². The summed E-state index contributed by atoms with van der Waals surface area (Å²) in [5.41, 5.74) is 1.50. The minimum absolute atomic E-state index is 0.895. The summed E-state index contributed by atoms with van der Waals surface area (Å²) in [6.07, 6.45) is 15.3. The van der Waals surface area contributed by atoms with Crippen LogP contribution in [0, 0.1) is 12.0 Å². The molecule has 1 rings (SSSR count). The highest BCUT2D eigenvalue weighted by molar-refractivity contribution is 5.14. The zero-order valence-corrected chi connectivity index (χ0v) is 13.7. The Labute approximate surface area is 127 Å². The Morgan fingerprint density at radius 2 is 1.35 bits per heavy atom. The van der Waals surface area contributed by atoms with E-state index in [1.165, 1.54) is 76.2 Å². The van der Waals surface area contributed by atoms with E-state index in [9.17, 15) is 0 Å². The molecule has 0 atom stereocenters. The number of rotatable bonds is 12. The Bertz CT molecular complexity index is 289. The van der Waals surface area contributed by atoms with Gasteiger partial charge in [-0.1, -0.05) is 102 Å². The smallest absolute Gasteiger partial charge is 0.0184 e. The zero-order valence-electron chi connectivity index (χ0n) is 13.7. The van der Waals surface area contributed by atoms with Gasteiger partial charge in [0.05, 0.1) is 0 Å². The van der Waals surface area contributed by atoms with Crippen LogP contribution in [-0.2, 0) is 6.42 Å². The summed E-state index contributed by atoms with van der Waals surface area (Å²) in [6, 6.07) is 11.7. The van der Waals surface area contributed by atoms with Crippen molar-refractivity contribution in [3.63, 3.8) is 0 Å². The average Bonchev–Trinajstić information content (AvgIpc) is 2.49. The summed E-state index contributed by atoms with van der Waals surface area (Å²) in [5.74, 6) is 0.895. The van der Waals surface area contributed by atoms with Crippen LogP contribution in [0.5, 0.6) is 0 Å². The summed E-state index contributed by atoms with van der Waals surface area (Å²) < 4.78 is 0. The standard InChI is InChI=1S/C20H33/c1-3-5-7-10-14-19(15-11-8-6-4-2)18-20-16-12-9-13-17-20/h12-13,16-17,19H,3-8,10-11,14-15,18H2,1-2H3. The second-order valence-electron chi connectivity index (χ2n) is 6.18. The number of hydrogen-bond donors (Lipinski definition) is 0. The molecule has 0 heteroatoms. The van der Waals surface area contributed by atoms with Crippen LogP contribution in [0.4, 0.5) is 0 Å². The molecule has 1 aromatic rings. The largest absolute Gasteiger partial charge is 0.0654 e. The van der Waals surface area contributed by atoms with Crippen LogP contribution in [0.25, 0.3) is 0 Å². The third kappa shape index (κ3) is 8.40. The van der Waals surface area contributed by atoms with Crippen LogP contribution in [0.1, 0.15) is 83.6 Å². The van der Waals surface area contributed by atoms with Crippen molar-refractivity contribution in [3.05, 3.63) is 35.9 Å². The Morgan fingerprint density at radius 1 is 0.800 bits per heavy atom. The van der Waals surface area contributed by atoms with Gasteiger partial charge in [0.25, 0.3) is 0 Å². The molecule has 0 spiro atoms. The van der Waals surface area contributed by atoms with E-state index in [0.717, 1.165) is 5.92 Å². The normalized spacial score (nSPS) is 11.2. The highest BCUT2D eigenvalue weighted by Crippen LogP contribution is 2.22. The lowest BCUT2D eigenvalue weighted by atomic mass is 9.89. The third-order valence-electron chi connectivity index (χ3n) is 4.24. The summed E-state index contributed by atoms with van der Waals surface area (Å²) in [6.45, 7) is 4.59. The van der Waals surface area contributed by atoms with Gasteiger partial charge in [-0.05, 0) is 24.0 Å². The van der Waals surface area contributed by atoms with Crippen LogP contribution < -0.4 is 0 Å². The fourth-order valence-corrected chi connectivity index (χ4v) is 2.96.